The molecule has 0 aromatic heterocycles. The third kappa shape index (κ3) is 3.31. The quantitative estimate of drug-likeness (QED) is 0.781. The number of carbonyl (C=O) groups excluding carboxylic acids is 1. The minimum absolute atomic E-state index is 0.208. The number of fused-ring (bicyclic) bond motifs is 1. The van der Waals surface area contributed by atoms with E-state index in [1.165, 1.54) is 14.0 Å². The fraction of sp³-hybridized carbons (Fsp3) is 0.167. The summed E-state index contributed by atoms with van der Waals surface area (Å²) in [4.78, 5) is 20.5. The number of esters is 1. The molecule has 5 nitrogen and oxygen atoms in total. The molecular weight excluding hydrogens is 328 g/mol. The summed E-state index contributed by atoms with van der Waals surface area (Å²) in [5, 5.41) is 0.567. The maximum Gasteiger partial charge on any atom is 0.305 e. The van der Waals surface area contributed by atoms with E-state index in [0.717, 1.165) is 11.1 Å². The van der Waals surface area contributed by atoms with Crippen LogP contribution in [0.25, 0.3) is 0 Å². The zero-order valence-corrected chi connectivity index (χ0v) is 13.9. The lowest BCUT2D eigenvalue weighted by molar-refractivity contribution is -0.143. The Morgan fingerprint density at radius 1 is 1.17 bits per heavy atom. The molecule has 2 aromatic carbocycles. The van der Waals surface area contributed by atoms with Gasteiger partial charge in [0.1, 0.15) is 0 Å². The number of rotatable bonds is 2. The molecule has 0 saturated heterocycles. The van der Waals surface area contributed by atoms with E-state index in [2.05, 4.69) is 9.98 Å². The van der Waals surface area contributed by atoms with Crippen molar-refractivity contribution in [2.24, 2.45) is 9.98 Å². The Morgan fingerprint density at radius 2 is 1.92 bits per heavy atom. The van der Waals surface area contributed by atoms with Crippen LogP contribution in [-0.4, -0.2) is 30.9 Å². The molecule has 0 bridgehead atoms. The van der Waals surface area contributed by atoms with Crippen molar-refractivity contribution in [3.05, 3.63) is 64.7 Å². The maximum atomic E-state index is 11.4. The lowest BCUT2D eigenvalue weighted by Gasteiger charge is -2.14. The fourth-order valence-corrected chi connectivity index (χ4v) is 2.59. The van der Waals surface area contributed by atoms with Crippen LogP contribution < -0.4 is 0 Å². The average Bonchev–Trinajstić information content (AvgIpc) is 2.72. The smallest absolute Gasteiger partial charge is 0.305 e. The summed E-state index contributed by atoms with van der Waals surface area (Å²) in [7, 11) is 1.47. The molecule has 2 aromatic rings. The third-order valence-electron chi connectivity index (χ3n) is 3.44. The molecule has 0 fully saturated rings. The minimum Gasteiger partial charge on any atom is -0.480 e. The first kappa shape index (κ1) is 16.2. The van der Waals surface area contributed by atoms with E-state index in [-0.39, 0.29) is 5.90 Å². The van der Waals surface area contributed by atoms with Crippen molar-refractivity contribution in [2.45, 2.75) is 13.2 Å². The second kappa shape index (κ2) is 6.84. The van der Waals surface area contributed by atoms with E-state index in [1.807, 2.05) is 30.3 Å². The first-order valence-electron chi connectivity index (χ1n) is 7.31. The van der Waals surface area contributed by atoms with Crippen LogP contribution in [0.1, 0.15) is 18.1 Å². The lowest BCUT2D eigenvalue weighted by atomic mass is 10.0. The minimum atomic E-state index is -0.950. The van der Waals surface area contributed by atoms with Crippen LogP contribution in [0.5, 0.6) is 0 Å². The molecule has 1 heterocycles. The molecule has 0 amide bonds. The van der Waals surface area contributed by atoms with Gasteiger partial charge in [0.15, 0.2) is 0 Å². The SMILES string of the molecule is COC1=Nc2ccc(Cl)cc2C(c2ccccc2)=NC1OC(C)=O. The highest BCUT2D eigenvalue weighted by atomic mass is 35.5. The zero-order chi connectivity index (χ0) is 17.1. The van der Waals surface area contributed by atoms with Crippen LogP contribution in [0.3, 0.4) is 0 Å². The van der Waals surface area contributed by atoms with Gasteiger partial charge in [0, 0.05) is 23.1 Å². The summed E-state index contributed by atoms with van der Waals surface area (Å²) in [6, 6.07) is 14.9. The van der Waals surface area contributed by atoms with Gasteiger partial charge in [-0.25, -0.2) is 9.98 Å². The van der Waals surface area contributed by atoms with Gasteiger partial charge in [-0.3, -0.25) is 4.79 Å². The van der Waals surface area contributed by atoms with E-state index in [0.29, 0.717) is 16.4 Å². The Hall–Kier alpha value is -2.66. The van der Waals surface area contributed by atoms with Gasteiger partial charge in [-0.05, 0) is 18.2 Å². The molecule has 3 rings (SSSR count). The molecule has 0 N–H and O–H groups in total. The Balaban J connectivity index is 2.23. The molecule has 1 atom stereocenters. The summed E-state index contributed by atoms with van der Waals surface area (Å²) in [6.07, 6.45) is -0.950. The highest BCUT2D eigenvalue weighted by Gasteiger charge is 2.26. The van der Waals surface area contributed by atoms with Crippen molar-refractivity contribution >= 4 is 34.9 Å². The topological polar surface area (TPSA) is 60.3 Å². The first-order valence-corrected chi connectivity index (χ1v) is 7.69. The molecular formula is C18H15ClN2O3. The van der Waals surface area contributed by atoms with Crippen LogP contribution in [0.2, 0.25) is 5.02 Å². The third-order valence-corrected chi connectivity index (χ3v) is 3.67. The van der Waals surface area contributed by atoms with Gasteiger partial charge < -0.3 is 9.47 Å². The second-order valence-electron chi connectivity index (χ2n) is 5.12. The van der Waals surface area contributed by atoms with Gasteiger partial charge in [0.2, 0.25) is 0 Å². The largest absolute Gasteiger partial charge is 0.480 e. The van der Waals surface area contributed by atoms with Crippen molar-refractivity contribution in [1.82, 2.24) is 0 Å². The number of carbonyl (C=O) groups is 1. The number of hydrogen-bond acceptors (Lipinski definition) is 5. The second-order valence-corrected chi connectivity index (χ2v) is 5.56. The van der Waals surface area contributed by atoms with Crippen LogP contribution >= 0.6 is 11.6 Å². The molecule has 1 aliphatic heterocycles. The Morgan fingerprint density at radius 3 is 2.58 bits per heavy atom. The molecule has 1 aliphatic rings. The van der Waals surface area contributed by atoms with Crippen molar-refractivity contribution < 1.29 is 14.3 Å². The Labute approximate surface area is 144 Å². The lowest BCUT2D eigenvalue weighted by Crippen LogP contribution is -2.26. The van der Waals surface area contributed by atoms with Crippen LogP contribution in [0, 0.1) is 0 Å². The summed E-state index contributed by atoms with van der Waals surface area (Å²) in [6.45, 7) is 1.32. The van der Waals surface area contributed by atoms with E-state index < -0.39 is 12.2 Å². The molecule has 0 spiro atoms. The van der Waals surface area contributed by atoms with Gasteiger partial charge in [-0.1, -0.05) is 41.9 Å². The highest BCUT2D eigenvalue weighted by Crippen LogP contribution is 2.30. The number of nitrogens with zero attached hydrogens (tertiary/aromatic N) is 2. The average molecular weight is 343 g/mol. The van der Waals surface area contributed by atoms with Gasteiger partial charge in [-0.15, -0.1) is 0 Å². The summed E-state index contributed by atoms with van der Waals surface area (Å²) in [5.74, 6) is -0.260. The van der Waals surface area contributed by atoms with Crippen molar-refractivity contribution in [2.75, 3.05) is 7.11 Å². The highest BCUT2D eigenvalue weighted by molar-refractivity contribution is 6.31. The Bertz CT molecular complexity index is 831. The maximum absolute atomic E-state index is 11.4. The number of hydrogen-bond donors (Lipinski definition) is 0. The standard InChI is InChI=1S/C18H15ClN2O3/c1-11(22)24-18-17(23-2)20-15-9-8-13(19)10-14(15)16(21-18)12-6-4-3-5-7-12/h3-10,18H,1-2H3. The number of aliphatic imine (C=N–C) groups is 2. The molecule has 24 heavy (non-hydrogen) atoms. The molecule has 0 aliphatic carbocycles. The molecule has 0 radical (unpaired) electrons. The number of ether oxygens (including phenoxy) is 2. The zero-order valence-electron chi connectivity index (χ0n) is 13.2. The molecule has 6 heteroatoms. The fourth-order valence-electron chi connectivity index (χ4n) is 2.42. The normalized spacial score (nSPS) is 16.4. The number of halogens is 1. The first-order chi connectivity index (χ1) is 11.6. The van der Waals surface area contributed by atoms with E-state index in [1.54, 1.807) is 18.2 Å². The number of methoxy groups -OCH3 is 1. The summed E-state index contributed by atoms with van der Waals surface area (Å²) < 4.78 is 10.6. The molecule has 122 valence electrons. The Kier molecular flexibility index (Phi) is 4.62. The van der Waals surface area contributed by atoms with E-state index in [9.17, 15) is 4.79 Å². The predicted octanol–water partition coefficient (Wildman–Crippen LogP) is 3.76. The number of benzene rings is 2. The summed E-state index contributed by atoms with van der Waals surface area (Å²) >= 11 is 6.15. The molecule has 0 saturated carbocycles. The molecule has 1 unspecified atom stereocenters. The monoisotopic (exact) mass is 342 g/mol. The predicted molar refractivity (Wildman–Crippen MR) is 93.2 cm³/mol. The summed E-state index contributed by atoms with van der Waals surface area (Å²) in [5.41, 5.74) is 2.90. The van der Waals surface area contributed by atoms with Gasteiger partial charge in [0.25, 0.3) is 12.1 Å². The van der Waals surface area contributed by atoms with Crippen LogP contribution in [-0.2, 0) is 14.3 Å². The van der Waals surface area contributed by atoms with Crippen molar-refractivity contribution in [3.63, 3.8) is 0 Å². The van der Waals surface area contributed by atoms with Crippen molar-refractivity contribution in [1.29, 1.82) is 0 Å². The van der Waals surface area contributed by atoms with Crippen LogP contribution in [0.4, 0.5) is 5.69 Å². The van der Waals surface area contributed by atoms with E-state index >= 15 is 0 Å². The van der Waals surface area contributed by atoms with Gasteiger partial charge in [-0.2, -0.15) is 0 Å². The van der Waals surface area contributed by atoms with Crippen molar-refractivity contribution in [3.8, 4) is 0 Å². The van der Waals surface area contributed by atoms with Crippen LogP contribution in [0.15, 0.2) is 58.5 Å². The van der Waals surface area contributed by atoms with Gasteiger partial charge in [0.05, 0.1) is 18.5 Å². The van der Waals surface area contributed by atoms with E-state index in [4.69, 9.17) is 21.1 Å². The van der Waals surface area contributed by atoms with Gasteiger partial charge >= 0.3 is 5.97 Å².